The Morgan fingerprint density at radius 2 is 1.79 bits per heavy atom. The second kappa shape index (κ2) is 11.2. The van der Waals surface area contributed by atoms with Crippen LogP contribution in [0, 0.1) is 0 Å². The Kier molecular flexibility index (Phi) is 8.07. The van der Waals surface area contributed by atoms with Gasteiger partial charge in [0, 0.05) is 24.8 Å². The number of anilines is 1. The molecular weight excluding hydrogens is 418 g/mol. The molecule has 0 atom stereocenters. The number of rotatable bonds is 7. The molecule has 0 unspecified atom stereocenters. The molecule has 0 bridgehead atoms. The fourth-order valence-electron chi connectivity index (χ4n) is 3.00. The summed E-state index contributed by atoms with van der Waals surface area (Å²) >= 11 is 0. The van der Waals surface area contributed by atoms with Gasteiger partial charge in [-0.1, -0.05) is 30.3 Å². The molecule has 1 amide bonds. The first-order valence-corrected chi connectivity index (χ1v) is 10.9. The highest BCUT2D eigenvalue weighted by molar-refractivity contribution is 5.84. The fourth-order valence-corrected chi connectivity index (χ4v) is 3.00. The molecule has 3 aromatic rings. The van der Waals surface area contributed by atoms with Crippen LogP contribution in [-0.2, 0) is 17.7 Å². The predicted octanol–water partition coefficient (Wildman–Crippen LogP) is 4.60. The Morgan fingerprint density at radius 1 is 1.06 bits per heavy atom. The molecule has 8 heteroatoms. The van der Waals surface area contributed by atoms with Gasteiger partial charge in [-0.3, -0.25) is 10.3 Å². The van der Waals surface area contributed by atoms with Crippen molar-refractivity contribution in [2.24, 2.45) is 4.99 Å². The third kappa shape index (κ3) is 7.99. The second-order valence-electron chi connectivity index (χ2n) is 8.44. The van der Waals surface area contributed by atoms with Crippen molar-refractivity contribution in [1.29, 1.82) is 0 Å². The molecule has 0 saturated carbocycles. The molecule has 2 aromatic carbocycles. The van der Waals surface area contributed by atoms with Gasteiger partial charge in [-0.05, 0) is 57.0 Å². The molecule has 0 aliphatic carbocycles. The van der Waals surface area contributed by atoms with Crippen molar-refractivity contribution in [3.8, 4) is 11.5 Å². The molecule has 0 spiro atoms. The van der Waals surface area contributed by atoms with Crippen LogP contribution in [0.5, 0.6) is 0 Å². The highest BCUT2D eigenvalue weighted by Crippen LogP contribution is 2.17. The molecule has 1 aromatic heterocycles. The average Bonchev–Trinajstić information content (AvgIpc) is 3.25. The fraction of sp³-hybridized carbons (Fsp3) is 0.320. The topological polar surface area (TPSA) is 101 Å². The number of nitrogens with zero attached hydrogens (tertiary/aromatic N) is 2. The molecule has 3 rings (SSSR count). The van der Waals surface area contributed by atoms with Crippen LogP contribution in [0.3, 0.4) is 0 Å². The normalized spacial score (nSPS) is 11.7. The third-order valence-corrected chi connectivity index (χ3v) is 4.54. The zero-order valence-electron chi connectivity index (χ0n) is 19.5. The first kappa shape index (κ1) is 23.8. The van der Waals surface area contributed by atoms with Crippen LogP contribution in [0.2, 0.25) is 0 Å². The Bertz CT molecular complexity index is 1050. The van der Waals surface area contributed by atoms with Gasteiger partial charge in [0.15, 0.2) is 5.96 Å². The van der Waals surface area contributed by atoms with Gasteiger partial charge in [0.05, 0.1) is 12.2 Å². The smallest absolute Gasteiger partial charge is 0.412 e. The number of benzene rings is 2. The van der Waals surface area contributed by atoms with E-state index >= 15 is 0 Å². The number of ether oxygens (including phenoxy) is 1. The van der Waals surface area contributed by atoms with E-state index in [0.717, 1.165) is 23.2 Å². The third-order valence-electron chi connectivity index (χ3n) is 4.54. The highest BCUT2D eigenvalue weighted by Gasteiger charge is 2.16. The Morgan fingerprint density at radius 3 is 2.45 bits per heavy atom. The SMILES string of the molecule is CN=C(NCCc1ccc(NC(=O)OC(C)(C)C)cc1)NCc1coc(-c2ccccc2)n1. The number of aliphatic imine (C=N–C) groups is 1. The van der Waals surface area contributed by atoms with Gasteiger partial charge in [0.2, 0.25) is 5.89 Å². The summed E-state index contributed by atoms with van der Waals surface area (Å²) in [6.07, 6.45) is 1.99. The van der Waals surface area contributed by atoms with Crippen molar-refractivity contribution < 1.29 is 13.9 Å². The Labute approximate surface area is 194 Å². The summed E-state index contributed by atoms with van der Waals surface area (Å²) in [6, 6.07) is 17.5. The molecule has 0 saturated heterocycles. The van der Waals surface area contributed by atoms with Crippen LogP contribution in [0.1, 0.15) is 32.0 Å². The number of oxazole rings is 1. The minimum absolute atomic E-state index is 0.463. The maximum absolute atomic E-state index is 11.9. The molecule has 0 radical (unpaired) electrons. The summed E-state index contributed by atoms with van der Waals surface area (Å²) in [5, 5.41) is 9.27. The summed E-state index contributed by atoms with van der Waals surface area (Å²) in [5.41, 5.74) is 3.04. The van der Waals surface area contributed by atoms with E-state index in [1.807, 2.05) is 75.4 Å². The highest BCUT2D eigenvalue weighted by atomic mass is 16.6. The lowest BCUT2D eigenvalue weighted by atomic mass is 10.1. The van der Waals surface area contributed by atoms with Crippen molar-refractivity contribution >= 4 is 17.7 Å². The Hall–Kier alpha value is -3.81. The molecular formula is C25H31N5O3. The molecule has 3 N–H and O–H groups in total. The predicted molar refractivity (Wildman–Crippen MR) is 130 cm³/mol. The standard InChI is InChI=1S/C25H31N5O3/c1-25(2,3)33-24(31)30-20-12-10-18(11-13-20)14-15-27-23(26-4)28-16-21-17-32-22(29-21)19-8-6-5-7-9-19/h5-13,17H,14-16H2,1-4H3,(H,30,31)(H2,26,27,28). The number of carbonyl (C=O) groups is 1. The van der Waals surface area contributed by atoms with Crippen LogP contribution in [0.4, 0.5) is 10.5 Å². The van der Waals surface area contributed by atoms with Crippen LogP contribution in [-0.4, -0.2) is 36.2 Å². The van der Waals surface area contributed by atoms with Gasteiger partial charge in [0.25, 0.3) is 0 Å². The van der Waals surface area contributed by atoms with Crippen LogP contribution in [0.15, 0.2) is 70.3 Å². The van der Waals surface area contributed by atoms with Crippen molar-refractivity contribution in [3.63, 3.8) is 0 Å². The van der Waals surface area contributed by atoms with Gasteiger partial charge in [-0.25, -0.2) is 9.78 Å². The lowest BCUT2D eigenvalue weighted by Crippen LogP contribution is -2.37. The minimum Gasteiger partial charge on any atom is -0.444 e. The number of hydrogen-bond donors (Lipinski definition) is 3. The maximum Gasteiger partial charge on any atom is 0.412 e. The molecule has 174 valence electrons. The number of guanidine groups is 1. The molecule has 8 nitrogen and oxygen atoms in total. The van der Waals surface area contributed by atoms with Crippen molar-refractivity contribution in [2.75, 3.05) is 18.9 Å². The largest absolute Gasteiger partial charge is 0.444 e. The summed E-state index contributed by atoms with van der Waals surface area (Å²) in [5.74, 6) is 1.28. The van der Waals surface area contributed by atoms with E-state index in [9.17, 15) is 4.79 Å². The average molecular weight is 450 g/mol. The zero-order valence-corrected chi connectivity index (χ0v) is 19.5. The van der Waals surface area contributed by atoms with E-state index < -0.39 is 11.7 Å². The van der Waals surface area contributed by atoms with Gasteiger partial charge in [0.1, 0.15) is 11.9 Å². The quantitative estimate of drug-likeness (QED) is 0.360. The lowest BCUT2D eigenvalue weighted by Gasteiger charge is -2.19. The molecule has 0 aliphatic rings. The molecule has 1 heterocycles. The van der Waals surface area contributed by atoms with E-state index in [1.54, 1.807) is 13.3 Å². The van der Waals surface area contributed by atoms with Crippen LogP contribution < -0.4 is 16.0 Å². The number of nitrogens with one attached hydrogen (secondary N) is 3. The monoisotopic (exact) mass is 449 g/mol. The van der Waals surface area contributed by atoms with E-state index in [0.29, 0.717) is 30.6 Å². The van der Waals surface area contributed by atoms with Crippen molar-refractivity contribution in [2.45, 2.75) is 39.3 Å². The summed E-state index contributed by atoms with van der Waals surface area (Å²) in [6.45, 7) is 6.70. The number of aromatic nitrogens is 1. The van der Waals surface area contributed by atoms with E-state index in [4.69, 9.17) is 9.15 Å². The van der Waals surface area contributed by atoms with Gasteiger partial charge in [-0.2, -0.15) is 0 Å². The molecule has 33 heavy (non-hydrogen) atoms. The lowest BCUT2D eigenvalue weighted by molar-refractivity contribution is 0.0636. The van der Waals surface area contributed by atoms with E-state index in [-0.39, 0.29) is 0 Å². The second-order valence-corrected chi connectivity index (χ2v) is 8.44. The van der Waals surface area contributed by atoms with Crippen molar-refractivity contribution in [1.82, 2.24) is 15.6 Å². The van der Waals surface area contributed by atoms with Gasteiger partial charge in [-0.15, -0.1) is 0 Å². The maximum atomic E-state index is 11.9. The van der Waals surface area contributed by atoms with Gasteiger partial charge < -0.3 is 19.8 Å². The number of amides is 1. The van der Waals surface area contributed by atoms with E-state index in [1.165, 1.54) is 0 Å². The van der Waals surface area contributed by atoms with Crippen LogP contribution >= 0.6 is 0 Å². The first-order valence-electron chi connectivity index (χ1n) is 10.9. The Balaban J connectivity index is 1.41. The number of carbonyl (C=O) groups excluding carboxylic acids is 1. The molecule has 0 aliphatic heterocycles. The van der Waals surface area contributed by atoms with E-state index in [2.05, 4.69) is 25.9 Å². The summed E-state index contributed by atoms with van der Waals surface area (Å²) in [4.78, 5) is 20.6. The zero-order chi connectivity index (χ0) is 23.7. The number of hydrogen-bond acceptors (Lipinski definition) is 5. The first-order chi connectivity index (χ1) is 15.8. The van der Waals surface area contributed by atoms with Crippen LogP contribution in [0.25, 0.3) is 11.5 Å². The summed E-state index contributed by atoms with van der Waals surface area (Å²) in [7, 11) is 1.73. The van der Waals surface area contributed by atoms with Crippen molar-refractivity contribution in [3.05, 3.63) is 72.1 Å². The summed E-state index contributed by atoms with van der Waals surface area (Å²) < 4.78 is 10.8. The minimum atomic E-state index is -0.528. The molecule has 0 fully saturated rings. The van der Waals surface area contributed by atoms with Gasteiger partial charge >= 0.3 is 6.09 Å².